The Morgan fingerprint density at radius 1 is 0.531 bits per heavy atom. The molecule has 5 aromatic rings. The fourth-order valence-electron chi connectivity index (χ4n) is 5.77. The predicted molar refractivity (Wildman–Crippen MR) is 207 cm³/mol. The second-order valence-corrected chi connectivity index (χ2v) is 11.5. The van der Waals surface area contributed by atoms with E-state index >= 15 is 0 Å². The maximum Gasteiger partial charge on any atom is 2.00 e. The van der Waals surface area contributed by atoms with Crippen LogP contribution in [0.5, 0.6) is 0 Å². The standard InChI is InChI=1S/C24H20B.C11H15N2.2C5H5.Zr/c1-5-13-21(14-6-1)25(22-15-7-2-8-16-22,23-17-9-3-10-18-23)24-19-11-4-12-20-24;1-4-5-6-7-11-10(3)12-8-9(2)13-11;2*1-2-4-5-3-1;/h1-20H;7-8H,4-5H2,1-3H3;2*1-5H;/q2*-1;;;+2. The molecule has 1 heterocycles. The molecular formula is C45H45BN2Zr. The Morgan fingerprint density at radius 2 is 0.857 bits per heavy atom. The van der Waals surface area contributed by atoms with Gasteiger partial charge in [-0.25, -0.2) is 6.08 Å². The Balaban J connectivity index is 0.000000224. The van der Waals surface area contributed by atoms with Crippen molar-refractivity contribution in [1.82, 2.24) is 9.97 Å². The smallest absolute Gasteiger partial charge is 0.345 e. The number of rotatable bonds is 7. The van der Waals surface area contributed by atoms with Crippen LogP contribution in [0.4, 0.5) is 0 Å². The Kier molecular flexibility index (Phi) is 18.9. The molecular weight excluding hydrogens is 671 g/mol. The van der Waals surface area contributed by atoms with E-state index in [2.05, 4.69) is 144 Å². The Hall–Kier alpha value is -3.35. The van der Waals surface area contributed by atoms with E-state index in [1.54, 1.807) is 6.20 Å². The summed E-state index contributed by atoms with van der Waals surface area (Å²) in [6.45, 7) is 6.05. The number of aryl methyl sites for hydroxylation is 2. The van der Waals surface area contributed by atoms with E-state index in [9.17, 15) is 0 Å². The average molecular weight is 716 g/mol. The predicted octanol–water partition coefficient (Wildman–Crippen LogP) is 7.81. The van der Waals surface area contributed by atoms with Crippen molar-refractivity contribution < 1.29 is 26.2 Å². The van der Waals surface area contributed by atoms with E-state index in [1.165, 1.54) is 21.9 Å². The van der Waals surface area contributed by atoms with Crippen LogP contribution in [0.15, 0.2) is 128 Å². The van der Waals surface area contributed by atoms with Crippen molar-refractivity contribution in [2.45, 2.75) is 33.6 Å². The van der Waals surface area contributed by atoms with E-state index in [4.69, 9.17) is 0 Å². The van der Waals surface area contributed by atoms with Crippen molar-refractivity contribution in [3.63, 3.8) is 0 Å². The van der Waals surface area contributed by atoms with E-state index in [-0.39, 0.29) is 26.2 Å². The van der Waals surface area contributed by atoms with Crippen molar-refractivity contribution in [3.8, 4) is 0 Å². The molecule has 1 aromatic heterocycles. The van der Waals surface area contributed by atoms with E-state index in [0.717, 1.165) is 29.9 Å². The fourth-order valence-corrected chi connectivity index (χ4v) is 5.77. The van der Waals surface area contributed by atoms with Gasteiger partial charge >= 0.3 is 26.2 Å². The summed E-state index contributed by atoms with van der Waals surface area (Å²) in [6.07, 6.45) is 27.8. The van der Waals surface area contributed by atoms with Crippen LogP contribution in [0, 0.1) is 84.1 Å². The normalized spacial score (nSPS) is 13.5. The maximum atomic E-state index is 4.36. The third-order valence-corrected chi connectivity index (χ3v) is 8.06. The number of hydrogen-bond acceptors (Lipinski definition) is 2. The summed E-state index contributed by atoms with van der Waals surface area (Å²) in [4.78, 5) is 8.59. The number of hydrogen-bond donors (Lipinski definition) is 0. The SMILES string of the molecule is CCC[C-]=Cc1nc(C)cnc1C.[CH]1[CH][CH][CH][CH]1.[CH]1[CH][CH][CH][CH]1.[Zr+2].c1ccc([B-](c2ccccc2)(c2ccccc2)c2ccccc2)cc1. The van der Waals surface area contributed by atoms with Crippen molar-refractivity contribution in [1.29, 1.82) is 0 Å². The van der Waals surface area contributed by atoms with Crippen molar-refractivity contribution in [2.24, 2.45) is 0 Å². The van der Waals surface area contributed by atoms with E-state index < -0.39 is 6.15 Å². The molecule has 0 N–H and O–H groups in total. The number of benzene rings is 4. The molecule has 2 aliphatic rings. The second kappa shape index (κ2) is 23.1. The van der Waals surface area contributed by atoms with Crippen LogP contribution in [-0.4, -0.2) is 16.1 Å². The molecule has 7 rings (SSSR count). The van der Waals surface area contributed by atoms with Crippen molar-refractivity contribution >= 4 is 34.1 Å². The molecule has 2 saturated carbocycles. The van der Waals surface area contributed by atoms with Crippen LogP contribution < -0.4 is 21.9 Å². The summed E-state index contributed by atoms with van der Waals surface area (Å²) >= 11 is 0. The maximum absolute atomic E-state index is 4.36. The van der Waals surface area contributed by atoms with Crippen LogP contribution >= 0.6 is 0 Å². The van der Waals surface area contributed by atoms with Crippen LogP contribution in [0.3, 0.4) is 0 Å². The van der Waals surface area contributed by atoms with Gasteiger partial charge in [0.1, 0.15) is 6.15 Å². The second-order valence-electron chi connectivity index (χ2n) is 11.5. The van der Waals surface area contributed by atoms with Crippen LogP contribution in [-0.2, 0) is 26.2 Å². The molecule has 49 heavy (non-hydrogen) atoms. The zero-order valence-electron chi connectivity index (χ0n) is 28.9. The Labute approximate surface area is 317 Å². The monoisotopic (exact) mass is 714 g/mol. The van der Waals surface area contributed by atoms with Gasteiger partial charge in [0.25, 0.3) is 0 Å². The molecule has 2 fully saturated rings. The number of aromatic nitrogens is 2. The average Bonchev–Trinajstić information content (AvgIpc) is 3.94. The quantitative estimate of drug-likeness (QED) is 0.127. The number of allylic oxidation sites excluding steroid dienone is 1. The largest absolute Gasteiger partial charge is 2.00 e. The zero-order chi connectivity index (χ0) is 33.7. The summed E-state index contributed by atoms with van der Waals surface area (Å²) in [5.74, 6) is 0. The molecule has 0 aliphatic heterocycles. The third kappa shape index (κ3) is 12.5. The molecule has 2 aliphatic carbocycles. The van der Waals surface area contributed by atoms with Gasteiger partial charge in [-0.3, -0.25) is 11.1 Å². The molecule has 0 atom stereocenters. The van der Waals surface area contributed by atoms with Gasteiger partial charge in [-0.05, 0) is 83.7 Å². The van der Waals surface area contributed by atoms with Crippen molar-refractivity contribution in [3.05, 3.63) is 215 Å². The summed E-state index contributed by atoms with van der Waals surface area (Å²) in [7, 11) is 0. The molecule has 10 radical (unpaired) electrons. The van der Waals surface area contributed by atoms with Gasteiger partial charge < -0.3 is 4.98 Å². The minimum absolute atomic E-state index is 0. The van der Waals surface area contributed by atoms with Gasteiger partial charge in [-0.2, -0.15) is 21.9 Å². The summed E-state index contributed by atoms with van der Waals surface area (Å²) in [5.41, 5.74) is 8.22. The summed E-state index contributed by atoms with van der Waals surface area (Å²) in [6, 6.07) is 43.5. The van der Waals surface area contributed by atoms with Crippen LogP contribution in [0.25, 0.3) is 6.08 Å². The van der Waals surface area contributed by atoms with Gasteiger partial charge in [-0.1, -0.05) is 140 Å². The first kappa shape index (κ1) is 40.1. The Morgan fingerprint density at radius 3 is 1.16 bits per heavy atom. The molecule has 242 valence electrons. The molecule has 2 nitrogen and oxygen atoms in total. The molecule has 0 unspecified atom stereocenters. The van der Waals surface area contributed by atoms with Crippen LogP contribution in [0.1, 0.15) is 36.8 Å². The first-order valence-electron chi connectivity index (χ1n) is 16.7. The molecule has 0 spiro atoms. The summed E-state index contributed by atoms with van der Waals surface area (Å²) < 4.78 is 0. The first-order valence-corrected chi connectivity index (χ1v) is 16.7. The Bertz CT molecular complexity index is 1390. The fraction of sp³-hybridized carbons (Fsp3) is 0.111. The van der Waals surface area contributed by atoms with Gasteiger partial charge in [0, 0.05) is 11.9 Å². The van der Waals surface area contributed by atoms with Gasteiger partial charge in [-0.15, -0.1) is 6.42 Å². The molecule has 4 aromatic carbocycles. The van der Waals surface area contributed by atoms with Gasteiger partial charge in [0.15, 0.2) is 0 Å². The van der Waals surface area contributed by atoms with E-state index in [0.29, 0.717) is 0 Å². The first-order chi connectivity index (χ1) is 23.7. The number of unbranched alkanes of at least 4 members (excludes halogenated alkanes) is 1. The van der Waals surface area contributed by atoms with Crippen molar-refractivity contribution in [2.75, 3.05) is 0 Å². The zero-order valence-corrected chi connectivity index (χ0v) is 31.3. The molecule has 0 amide bonds. The third-order valence-electron chi connectivity index (χ3n) is 8.06. The minimum atomic E-state index is -1.22. The molecule has 0 saturated heterocycles. The van der Waals surface area contributed by atoms with E-state index in [1.807, 2.05) is 84.1 Å². The van der Waals surface area contributed by atoms with Gasteiger partial charge in [0.2, 0.25) is 0 Å². The minimum Gasteiger partial charge on any atom is -0.345 e. The molecule has 0 bridgehead atoms. The summed E-state index contributed by atoms with van der Waals surface area (Å²) in [5, 5.41) is 0. The van der Waals surface area contributed by atoms with Crippen LogP contribution in [0.2, 0.25) is 0 Å². The molecule has 4 heteroatoms. The van der Waals surface area contributed by atoms with Gasteiger partial charge in [0.05, 0.1) is 0 Å². The number of nitrogens with zero attached hydrogens (tertiary/aromatic N) is 2. The topological polar surface area (TPSA) is 25.8 Å².